The lowest BCUT2D eigenvalue weighted by Crippen LogP contribution is -2.17. The van der Waals surface area contributed by atoms with Gasteiger partial charge in [0.25, 0.3) is 5.91 Å². The summed E-state index contributed by atoms with van der Waals surface area (Å²) in [4.78, 5) is 19.7. The van der Waals surface area contributed by atoms with Crippen molar-refractivity contribution in [2.45, 2.75) is 6.42 Å². The number of pyridine rings is 1. The summed E-state index contributed by atoms with van der Waals surface area (Å²) in [6.07, 6.45) is 3.51. The van der Waals surface area contributed by atoms with Crippen molar-refractivity contribution in [3.63, 3.8) is 0 Å². The van der Waals surface area contributed by atoms with E-state index in [9.17, 15) is 4.79 Å². The largest absolute Gasteiger partial charge is 0.298 e. The summed E-state index contributed by atoms with van der Waals surface area (Å²) >= 11 is 0. The fourth-order valence-electron chi connectivity index (χ4n) is 1.66. The van der Waals surface area contributed by atoms with Crippen molar-refractivity contribution in [3.8, 4) is 0 Å². The minimum atomic E-state index is -0.338. The van der Waals surface area contributed by atoms with Crippen LogP contribution in [0.1, 0.15) is 21.9 Å². The predicted molar refractivity (Wildman–Crippen MR) is 60.2 cm³/mol. The molecule has 3 heterocycles. The lowest BCUT2D eigenvalue weighted by molar-refractivity contribution is 0.0969. The molecule has 83 valence electrons. The highest BCUT2D eigenvalue weighted by atomic mass is 16.2. The molecular formula is C11H8N5O. The number of amides is 1. The normalized spacial score (nSPS) is 13.3. The molecule has 3 rings (SSSR count). The van der Waals surface area contributed by atoms with Gasteiger partial charge in [0, 0.05) is 18.3 Å². The van der Waals surface area contributed by atoms with Crippen LogP contribution in [0.25, 0.3) is 0 Å². The number of nitrogens with one attached hydrogen (secondary N) is 1. The van der Waals surface area contributed by atoms with E-state index in [1.54, 1.807) is 6.20 Å². The van der Waals surface area contributed by atoms with Crippen molar-refractivity contribution in [1.29, 1.82) is 0 Å². The molecule has 6 heteroatoms. The van der Waals surface area contributed by atoms with Crippen molar-refractivity contribution in [3.05, 3.63) is 41.5 Å². The Morgan fingerprint density at radius 2 is 2.24 bits per heavy atom. The molecule has 2 aromatic rings. The Balaban J connectivity index is 1.96. The van der Waals surface area contributed by atoms with E-state index in [0.29, 0.717) is 23.5 Å². The molecule has 0 aliphatic carbocycles. The summed E-state index contributed by atoms with van der Waals surface area (Å²) < 4.78 is 0. The van der Waals surface area contributed by atoms with Crippen LogP contribution in [-0.2, 0) is 6.42 Å². The zero-order valence-electron chi connectivity index (χ0n) is 8.79. The fourth-order valence-corrected chi connectivity index (χ4v) is 1.66. The van der Waals surface area contributed by atoms with Crippen LogP contribution in [0.2, 0.25) is 0 Å². The van der Waals surface area contributed by atoms with E-state index in [0.717, 1.165) is 5.69 Å². The lowest BCUT2D eigenvalue weighted by atomic mass is 10.1. The Hall–Kier alpha value is -2.50. The lowest BCUT2D eigenvalue weighted by Gasteiger charge is -2.03. The minimum absolute atomic E-state index is 0.338. The van der Waals surface area contributed by atoms with Gasteiger partial charge in [0.2, 0.25) is 0 Å². The van der Waals surface area contributed by atoms with E-state index in [4.69, 9.17) is 0 Å². The Morgan fingerprint density at radius 1 is 1.29 bits per heavy atom. The molecule has 17 heavy (non-hydrogen) atoms. The molecule has 0 saturated heterocycles. The maximum absolute atomic E-state index is 11.4. The van der Waals surface area contributed by atoms with E-state index in [1.165, 1.54) is 6.34 Å². The molecule has 0 atom stereocenters. The van der Waals surface area contributed by atoms with Gasteiger partial charge in [-0.1, -0.05) is 6.07 Å². The van der Waals surface area contributed by atoms with Crippen molar-refractivity contribution >= 4 is 17.9 Å². The maximum atomic E-state index is 11.4. The average molecular weight is 226 g/mol. The van der Waals surface area contributed by atoms with Gasteiger partial charge in [0.15, 0.2) is 5.69 Å². The standard InChI is InChI=1S/C11H8N5O/c17-11-10-9(13-6-14-11)8(15-16-10)5-7-3-1-2-4-12-7/h1-4,6H,5H2,(H,15,16). The molecule has 0 spiro atoms. The van der Waals surface area contributed by atoms with Gasteiger partial charge in [-0.3, -0.25) is 14.9 Å². The predicted octanol–water partition coefficient (Wildman–Crippen LogP) is 0.813. The van der Waals surface area contributed by atoms with Crippen LogP contribution in [0.15, 0.2) is 29.4 Å². The van der Waals surface area contributed by atoms with E-state index in [1.807, 2.05) is 18.2 Å². The van der Waals surface area contributed by atoms with E-state index in [2.05, 4.69) is 25.5 Å². The first-order valence-electron chi connectivity index (χ1n) is 5.09. The third-order valence-electron chi connectivity index (χ3n) is 2.46. The number of nitrogens with zero attached hydrogens (tertiary/aromatic N) is 4. The zero-order valence-corrected chi connectivity index (χ0v) is 8.79. The van der Waals surface area contributed by atoms with Crippen LogP contribution in [0.4, 0.5) is 5.69 Å². The molecule has 1 amide bonds. The van der Waals surface area contributed by atoms with Crippen LogP contribution < -0.4 is 5.32 Å². The van der Waals surface area contributed by atoms with Gasteiger partial charge in [-0.05, 0) is 12.1 Å². The number of carbonyl (C=O) groups is 1. The highest BCUT2D eigenvalue weighted by Gasteiger charge is 2.22. The topological polar surface area (TPSA) is 85.1 Å². The molecule has 1 aliphatic heterocycles. The zero-order chi connectivity index (χ0) is 11.7. The van der Waals surface area contributed by atoms with Crippen molar-refractivity contribution < 1.29 is 4.79 Å². The Labute approximate surface area is 96.8 Å². The summed E-state index contributed by atoms with van der Waals surface area (Å²) in [7, 11) is 0. The number of hydrogen-bond donors (Lipinski definition) is 1. The quantitative estimate of drug-likeness (QED) is 0.822. The fraction of sp³-hybridized carbons (Fsp3) is 0.0909. The minimum Gasteiger partial charge on any atom is -0.271 e. The Kier molecular flexibility index (Phi) is 2.18. The molecule has 1 N–H and O–H groups in total. The van der Waals surface area contributed by atoms with Gasteiger partial charge in [0.1, 0.15) is 12.0 Å². The van der Waals surface area contributed by atoms with E-state index < -0.39 is 0 Å². The molecule has 0 unspecified atom stereocenters. The molecule has 1 aliphatic rings. The number of H-pyrrole nitrogens is 1. The number of fused-ring (bicyclic) bond motifs is 1. The summed E-state index contributed by atoms with van der Waals surface area (Å²) in [5.74, 6) is -0.338. The third-order valence-corrected chi connectivity index (χ3v) is 2.46. The Morgan fingerprint density at radius 3 is 3.06 bits per heavy atom. The average Bonchev–Trinajstić information content (AvgIpc) is 2.76. The molecule has 0 saturated carbocycles. The summed E-state index contributed by atoms with van der Waals surface area (Å²) in [5.41, 5.74) is 2.50. The number of rotatable bonds is 2. The maximum Gasteiger partial charge on any atom is 0.298 e. The summed E-state index contributed by atoms with van der Waals surface area (Å²) in [6, 6.07) is 5.66. The molecule has 0 aromatic carbocycles. The number of aliphatic imine (C=N–C) groups is 1. The SMILES string of the molecule is O=C1[N]C=Nc2c(Cc3ccccn3)n[nH]c21. The molecular weight excluding hydrogens is 218 g/mol. The van der Waals surface area contributed by atoms with E-state index >= 15 is 0 Å². The monoisotopic (exact) mass is 226 g/mol. The first kappa shape index (κ1) is 9.71. The summed E-state index contributed by atoms with van der Waals surface area (Å²) in [6.45, 7) is 0. The third kappa shape index (κ3) is 1.69. The first-order valence-corrected chi connectivity index (χ1v) is 5.09. The van der Waals surface area contributed by atoms with Crippen molar-refractivity contribution in [2.24, 2.45) is 4.99 Å². The van der Waals surface area contributed by atoms with Crippen LogP contribution >= 0.6 is 0 Å². The smallest absolute Gasteiger partial charge is 0.271 e. The van der Waals surface area contributed by atoms with Crippen LogP contribution in [-0.4, -0.2) is 27.4 Å². The van der Waals surface area contributed by atoms with E-state index in [-0.39, 0.29) is 5.91 Å². The number of carbonyl (C=O) groups excluding carboxylic acids is 1. The van der Waals surface area contributed by atoms with Crippen LogP contribution in [0.3, 0.4) is 0 Å². The van der Waals surface area contributed by atoms with Gasteiger partial charge in [-0.15, -0.1) is 0 Å². The second kappa shape index (κ2) is 3.82. The highest BCUT2D eigenvalue weighted by molar-refractivity contribution is 6.05. The number of aromatic amines is 1. The molecule has 2 aromatic heterocycles. The molecule has 6 nitrogen and oxygen atoms in total. The second-order valence-electron chi connectivity index (χ2n) is 3.57. The number of aromatic nitrogens is 3. The van der Waals surface area contributed by atoms with Crippen molar-refractivity contribution in [2.75, 3.05) is 0 Å². The molecule has 0 fully saturated rings. The summed E-state index contributed by atoms with van der Waals surface area (Å²) in [5, 5.41) is 10.3. The number of hydrogen-bond acceptors (Lipinski definition) is 4. The molecule has 1 radical (unpaired) electrons. The first-order chi connectivity index (χ1) is 8.34. The van der Waals surface area contributed by atoms with Gasteiger partial charge in [-0.2, -0.15) is 10.4 Å². The molecule has 0 bridgehead atoms. The Bertz CT molecular complexity index is 587. The van der Waals surface area contributed by atoms with Gasteiger partial charge < -0.3 is 0 Å². The van der Waals surface area contributed by atoms with Gasteiger partial charge in [0.05, 0.1) is 5.69 Å². The van der Waals surface area contributed by atoms with Gasteiger partial charge >= 0.3 is 0 Å². The second-order valence-corrected chi connectivity index (χ2v) is 3.57. The van der Waals surface area contributed by atoms with Crippen LogP contribution in [0.5, 0.6) is 0 Å². The van der Waals surface area contributed by atoms with Crippen molar-refractivity contribution in [1.82, 2.24) is 20.5 Å². The van der Waals surface area contributed by atoms with Crippen LogP contribution in [0, 0.1) is 0 Å². The highest BCUT2D eigenvalue weighted by Crippen LogP contribution is 2.25. The van der Waals surface area contributed by atoms with Gasteiger partial charge in [-0.25, -0.2) is 4.99 Å².